The van der Waals surface area contributed by atoms with Crippen molar-refractivity contribution in [1.29, 1.82) is 0 Å². The average molecular weight is 317 g/mol. The molecule has 5 heteroatoms. The molecule has 1 amide bonds. The van der Waals surface area contributed by atoms with Crippen molar-refractivity contribution < 1.29 is 9.18 Å². The monoisotopic (exact) mass is 316 g/mol. The number of hydrogen-bond acceptors (Lipinski definition) is 2. The summed E-state index contributed by atoms with van der Waals surface area (Å²) in [5, 5.41) is 5.84. The van der Waals surface area contributed by atoms with E-state index in [-0.39, 0.29) is 11.7 Å². The highest BCUT2D eigenvalue weighted by Gasteiger charge is 2.25. The summed E-state index contributed by atoms with van der Waals surface area (Å²) in [7, 11) is 1.63. The second kappa shape index (κ2) is 6.29. The number of halogens is 2. The molecule has 0 heterocycles. The molecule has 18 heavy (non-hydrogen) atoms. The van der Waals surface area contributed by atoms with Crippen LogP contribution in [-0.4, -0.2) is 19.5 Å². The molecule has 2 N–H and O–H groups in total. The molecule has 0 bridgehead atoms. The number of carbonyl (C=O) groups excluding carboxylic acids is 1. The Morgan fingerprint density at radius 3 is 2.67 bits per heavy atom. The summed E-state index contributed by atoms with van der Waals surface area (Å²) in [6.45, 7) is 4.88. The lowest BCUT2D eigenvalue weighted by Crippen LogP contribution is -2.41. The third kappa shape index (κ3) is 4.07. The van der Waals surface area contributed by atoms with Gasteiger partial charge in [-0.2, -0.15) is 0 Å². The van der Waals surface area contributed by atoms with Crippen LogP contribution in [0.4, 0.5) is 4.39 Å². The van der Waals surface area contributed by atoms with E-state index in [1.807, 2.05) is 13.8 Å². The average Bonchev–Trinajstić information content (AvgIpc) is 2.30. The van der Waals surface area contributed by atoms with Gasteiger partial charge in [0.05, 0.1) is 5.41 Å². The van der Waals surface area contributed by atoms with Crippen LogP contribution in [0.2, 0.25) is 0 Å². The maximum Gasteiger partial charge on any atom is 0.226 e. The van der Waals surface area contributed by atoms with Gasteiger partial charge in [-0.15, -0.1) is 0 Å². The smallest absolute Gasteiger partial charge is 0.226 e. The minimum Gasteiger partial charge on any atom is -0.359 e. The molecule has 1 aromatic carbocycles. The summed E-state index contributed by atoms with van der Waals surface area (Å²) < 4.78 is 13.6. The van der Waals surface area contributed by atoms with E-state index in [4.69, 9.17) is 0 Å². The van der Waals surface area contributed by atoms with Crippen molar-refractivity contribution in [1.82, 2.24) is 10.6 Å². The molecule has 0 aliphatic carbocycles. The predicted molar refractivity (Wildman–Crippen MR) is 73.7 cm³/mol. The van der Waals surface area contributed by atoms with E-state index >= 15 is 0 Å². The van der Waals surface area contributed by atoms with Gasteiger partial charge in [-0.25, -0.2) is 4.39 Å². The number of benzene rings is 1. The molecule has 0 fully saturated rings. The van der Waals surface area contributed by atoms with E-state index in [9.17, 15) is 9.18 Å². The van der Waals surface area contributed by atoms with Crippen molar-refractivity contribution in [3.8, 4) is 0 Å². The first kappa shape index (κ1) is 15.1. The minimum atomic E-state index is -0.471. The lowest BCUT2D eigenvalue weighted by Gasteiger charge is -2.23. The van der Waals surface area contributed by atoms with Gasteiger partial charge in [-0.3, -0.25) is 4.79 Å². The summed E-state index contributed by atoms with van der Waals surface area (Å²) in [5.41, 5.74) is 0.491. The van der Waals surface area contributed by atoms with Crippen LogP contribution in [-0.2, 0) is 11.3 Å². The zero-order valence-electron chi connectivity index (χ0n) is 10.8. The Labute approximate surface area is 115 Å². The minimum absolute atomic E-state index is 0.00632. The first-order chi connectivity index (χ1) is 8.36. The van der Waals surface area contributed by atoms with Crippen molar-refractivity contribution in [3.05, 3.63) is 34.1 Å². The number of carbonyl (C=O) groups is 1. The molecular weight excluding hydrogens is 299 g/mol. The van der Waals surface area contributed by atoms with E-state index in [0.717, 1.165) is 10.0 Å². The SMILES string of the molecule is CNC(=O)C(C)(C)CNCc1ccc(F)cc1Br. The zero-order valence-corrected chi connectivity index (χ0v) is 12.4. The van der Waals surface area contributed by atoms with Gasteiger partial charge >= 0.3 is 0 Å². The van der Waals surface area contributed by atoms with Crippen molar-refractivity contribution >= 4 is 21.8 Å². The Balaban J connectivity index is 2.54. The number of rotatable bonds is 5. The molecule has 0 saturated heterocycles. The number of amides is 1. The van der Waals surface area contributed by atoms with Gasteiger partial charge in [0.15, 0.2) is 0 Å². The molecule has 0 atom stereocenters. The lowest BCUT2D eigenvalue weighted by atomic mass is 9.92. The quantitative estimate of drug-likeness (QED) is 0.876. The van der Waals surface area contributed by atoms with Crippen molar-refractivity contribution in [3.63, 3.8) is 0 Å². The molecule has 0 aliphatic rings. The van der Waals surface area contributed by atoms with E-state index < -0.39 is 5.41 Å². The Hall–Kier alpha value is -0.940. The Morgan fingerprint density at radius 2 is 2.11 bits per heavy atom. The lowest BCUT2D eigenvalue weighted by molar-refractivity contribution is -0.128. The Bertz CT molecular complexity index is 435. The van der Waals surface area contributed by atoms with Gasteiger partial charge in [-0.05, 0) is 31.5 Å². The van der Waals surface area contributed by atoms with Crippen LogP contribution in [0.1, 0.15) is 19.4 Å². The van der Waals surface area contributed by atoms with Crippen LogP contribution in [0.25, 0.3) is 0 Å². The van der Waals surface area contributed by atoms with Crippen LogP contribution in [0, 0.1) is 11.2 Å². The second-order valence-electron chi connectivity index (χ2n) is 4.80. The summed E-state index contributed by atoms with van der Waals surface area (Å²) >= 11 is 3.31. The maximum atomic E-state index is 12.9. The Morgan fingerprint density at radius 1 is 1.44 bits per heavy atom. The van der Waals surface area contributed by atoms with Crippen LogP contribution in [0.15, 0.2) is 22.7 Å². The molecule has 3 nitrogen and oxygen atoms in total. The third-order valence-electron chi connectivity index (χ3n) is 2.74. The highest BCUT2D eigenvalue weighted by molar-refractivity contribution is 9.10. The number of hydrogen-bond donors (Lipinski definition) is 2. The molecule has 0 saturated carbocycles. The van der Waals surface area contributed by atoms with E-state index in [2.05, 4.69) is 26.6 Å². The van der Waals surface area contributed by atoms with Crippen molar-refractivity contribution in [2.75, 3.05) is 13.6 Å². The predicted octanol–water partition coefficient (Wildman–Crippen LogP) is 2.45. The molecule has 1 aromatic rings. The highest BCUT2D eigenvalue weighted by atomic mass is 79.9. The van der Waals surface area contributed by atoms with Gasteiger partial charge in [0.25, 0.3) is 0 Å². The van der Waals surface area contributed by atoms with Gasteiger partial charge < -0.3 is 10.6 Å². The molecule has 0 aromatic heterocycles. The molecule has 0 aliphatic heterocycles. The van der Waals surface area contributed by atoms with E-state index in [0.29, 0.717) is 13.1 Å². The van der Waals surface area contributed by atoms with E-state index in [1.165, 1.54) is 12.1 Å². The molecule has 0 radical (unpaired) electrons. The van der Waals surface area contributed by atoms with Crippen LogP contribution < -0.4 is 10.6 Å². The fraction of sp³-hybridized carbons (Fsp3) is 0.462. The number of nitrogens with one attached hydrogen (secondary N) is 2. The summed E-state index contributed by atoms with van der Waals surface area (Å²) in [5.74, 6) is -0.274. The molecule has 0 unspecified atom stereocenters. The van der Waals surface area contributed by atoms with Gasteiger partial charge in [0.1, 0.15) is 5.82 Å². The largest absolute Gasteiger partial charge is 0.359 e. The van der Waals surface area contributed by atoms with E-state index in [1.54, 1.807) is 13.1 Å². The second-order valence-corrected chi connectivity index (χ2v) is 5.66. The van der Waals surface area contributed by atoms with Gasteiger partial charge in [0.2, 0.25) is 5.91 Å². The fourth-order valence-corrected chi connectivity index (χ4v) is 2.08. The maximum absolute atomic E-state index is 12.9. The fourth-order valence-electron chi connectivity index (χ4n) is 1.59. The first-order valence-corrected chi connectivity index (χ1v) is 6.53. The summed E-state index contributed by atoms with van der Waals surface area (Å²) in [4.78, 5) is 11.6. The molecular formula is C13H18BrFN2O. The zero-order chi connectivity index (χ0) is 13.8. The van der Waals surface area contributed by atoms with Crippen LogP contribution >= 0.6 is 15.9 Å². The van der Waals surface area contributed by atoms with Gasteiger partial charge in [-0.1, -0.05) is 22.0 Å². The summed E-state index contributed by atoms with van der Waals surface area (Å²) in [6, 6.07) is 4.58. The normalized spacial score (nSPS) is 11.4. The topological polar surface area (TPSA) is 41.1 Å². The van der Waals surface area contributed by atoms with Crippen LogP contribution in [0.3, 0.4) is 0 Å². The standard InChI is InChI=1S/C13H18BrFN2O/c1-13(2,12(18)16-3)8-17-7-9-4-5-10(15)6-11(9)14/h4-6,17H,7-8H2,1-3H3,(H,16,18). The van der Waals surface area contributed by atoms with Crippen molar-refractivity contribution in [2.24, 2.45) is 5.41 Å². The molecule has 1 rings (SSSR count). The Kier molecular flexibility index (Phi) is 5.28. The van der Waals surface area contributed by atoms with Crippen molar-refractivity contribution in [2.45, 2.75) is 20.4 Å². The third-order valence-corrected chi connectivity index (χ3v) is 3.48. The summed E-state index contributed by atoms with van der Waals surface area (Å²) in [6.07, 6.45) is 0. The van der Waals surface area contributed by atoms with Crippen LogP contribution in [0.5, 0.6) is 0 Å². The molecule has 100 valence electrons. The highest BCUT2D eigenvalue weighted by Crippen LogP contribution is 2.19. The first-order valence-electron chi connectivity index (χ1n) is 5.73. The van der Waals surface area contributed by atoms with Gasteiger partial charge in [0, 0.05) is 24.6 Å². The molecule has 0 spiro atoms.